The van der Waals surface area contributed by atoms with Crippen LogP contribution < -0.4 is 5.32 Å². The molecular formula is C10H15NO3. The van der Waals surface area contributed by atoms with E-state index in [4.69, 9.17) is 0 Å². The van der Waals surface area contributed by atoms with Crippen LogP contribution >= 0.6 is 0 Å². The number of hydrogen-bond acceptors (Lipinski definition) is 3. The number of carbonyl (C=O) groups excluding carboxylic acids is 2. The highest BCUT2D eigenvalue weighted by molar-refractivity contribution is 6.20. The molecule has 0 bridgehead atoms. The summed E-state index contributed by atoms with van der Waals surface area (Å²) in [7, 11) is 0. The molecular weight excluding hydrogens is 184 g/mol. The third-order valence-electron chi connectivity index (χ3n) is 2.63. The van der Waals surface area contributed by atoms with Gasteiger partial charge in [0.05, 0.1) is 6.04 Å². The van der Waals surface area contributed by atoms with Gasteiger partial charge in [-0.15, -0.1) is 0 Å². The zero-order valence-corrected chi connectivity index (χ0v) is 8.63. The van der Waals surface area contributed by atoms with Gasteiger partial charge in [-0.2, -0.15) is 0 Å². The molecule has 0 fully saturated rings. The number of aliphatic hydroxyl groups is 1. The fraction of sp³-hybridized carbons (Fsp3) is 0.600. The second kappa shape index (κ2) is 3.82. The molecule has 4 nitrogen and oxygen atoms in total. The Labute approximate surface area is 83.0 Å². The Bertz CT molecular complexity index is 306. The lowest BCUT2D eigenvalue weighted by atomic mass is 9.99. The van der Waals surface area contributed by atoms with Gasteiger partial charge < -0.3 is 10.4 Å². The third-order valence-corrected chi connectivity index (χ3v) is 2.63. The Morgan fingerprint density at radius 1 is 1.64 bits per heavy atom. The molecule has 0 aromatic carbocycles. The average Bonchev–Trinajstić information content (AvgIpc) is 2.40. The number of rotatable bonds is 3. The van der Waals surface area contributed by atoms with Crippen LogP contribution in [0.4, 0.5) is 0 Å². The van der Waals surface area contributed by atoms with Crippen molar-refractivity contribution in [3.63, 3.8) is 0 Å². The van der Waals surface area contributed by atoms with E-state index in [1.165, 1.54) is 6.92 Å². The van der Waals surface area contributed by atoms with Crippen molar-refractivity contribution in [2.75, 3.05) is 0 Å². The van der Waals surface area contributed by atoms with Crippen molar-refractivity contribution in [2.45, 2.75) is 33.2 Å². The molecule has 0 radical (unpaired) electrons. The van der Waals surface area contributed by atoms with Crippen LogP contribution in [0.15, 0.2) is 11.3 Å². The van der Waals surface area contributed by atoms with E-state index in [1.807, 2.05) is 13.8 Å². The summed E-state index contributed by atoms with van der Waals surface area (Å²) in [6, 6.07) is -0.397. The van der Waals surface area contributed by atoms with Crippen LogP contribution in [0.5, 0.6) is 0 Å². The second-order valence-electron chi connectivity index (χ2n) is 3.65. The maximum atomic E-state index is 11.3. The highest BCUT2D eigenvalue weighted by atomic mass is 16.3. The number of carbonyl (C=O) groups is 2. The molecule has 2 N–H and O–H groups in total. The molecule has 1 aliphatic rings. The molecule has 1 rings (SSSR count). The maximum absolute atomic E-state index is 11.3. The van der Waals surface area contributed by atoms with Crippen molar-refractivity contribution in [2.24, 2.45) is 5.92 Å². The summed E-state index contributed by atoms with van der Waals surface area (Å²) in [5.74, 6) is -0.807. The monoisotopic (exact) mass is 199 g/mol. The summed E-state index contributed by atoms with van der Waals surface area (Å²) in [4.78, 5) is 22.4. The Morgan fingerprint density at radius 3 is 2.57 bits per heavy atom. The Morgan fingerprint density at radius 2 is 2.21 bits per heavy atom. The number of nitrogens with one attached hydrogen (secondary N) is 1. The van der Waals surface area contributed by atoms with E-state index < -0.39 is 11.9 Å². The Kier molecular flexibility index (Phi) is 2.93. The average molecular weight is 199 g/mol. The maximum Gasteiger partial charge on any atom is 0.259 e. The highest BCUT2D eigenvalue weighted by Crippen LogP contribution is 2.23. The standard InChI is InChI=1S/C10H15NO3/c1-4-5(2)8-9(13)7(6(3)12)10(14)11-8/h5,8,13H,4H2,1-3H3,(H,11,14)/t5-,8?/m0/s1/i3+1,6+1. The molecule has 2 atom stereocenters. The first-order chi connectivity index (χ1) is 6.49. The van der Waals surface area contributed by atoms with Crippen LogP contribution in [0.25, 0.3) is 0 Å². The van der Waals surface area contributed by atoms with E-state index in [1.54, 1.807) is 0 Å². The van der Waals surface area contributed by atoms with Crippen molar-refractivity contribution in [3.05, 3.63) is 11.3 Å². The minimum Gasteiger partial charge on any atom is -0.509 e. The van der Waals surface area contributed by atoms with Crippen molar-refractivity contribution in [1.82, 2.24) is 5.32 Å². The fourth-order valence-corrected chi connectivity index (χ4v) is 1.54. The van der Waals surface area contributed by atoms with Crippen molar-refractivity contribution >= 4 is 11.7 Å². The van der Waals surface area contributed by atoms with Gasteiger partial charge in [-0.3, -0.25) is 9.59 Å². The third kappa shape index (κ3) is 1.64. The lowest BCUT2D eigenvalue weighted by molar-refractivity contribution is -0.121. The zero-order valence-electron chi connectivity index (χ0n) is 8.63. The summed E-state index contributed by atoms with van der Waals surface area (Å²) < 4.78 is 0. The number of ketones is 1. The molecule has 1 heterocycles. The van der Waals surface area contributed by atoms with E-state index in [9.17, 15) is 14.7 Å². The molecule has 1 unspecified atom stereocenters. The van der Waals surface area contributed by atoms with E-state index >= 15 is 0 Å². The van der Waals surface area contributed by atoms with Gasteiger partial charge >= 0.3 is 0 Å². The zero-order chi connectivity index (χ0) is 10.9. The largest absolute Gasteiger partial charge is 0.509 e. The summed E-state index contributed by atoms with van der Waals surface area (Å²) in [6.07, 6.45) is 0.834. The fourth-order valence-electron chi connectivity index (χ4n) is 1.54. The summed E-state index contributed by atoms with van der Waals surface area (Å²) >= 11 is 0. The van der Waals surface area contributed by atoms with Crippen LogP contribution in [0, 0.1) is 5.92 Å². The smallest absolute Gasteiger partial charge is 0.259 e. The first-order valence-corrected chi connectivity index (χ1v) is 4.74. The number of Topliss-reactive ketones (excluding diaryl/α,β-unsaturated/α-hetero) is 1. The highest BCUT2D eigenvalue weighted by Gasteiger charge is 2.36. The van der Waals surface area contributed by atoms with E-state index in [-0.39, 0.29) is 23.0 Å². The summed E-state index contributed by atoms with van der Waals surface area (Å²) in [5, 5.41) is 12.3. The van der Waals surface area contributed by atoms with Gasteiger partial charge in [0, 0.05) is 0 Å². The van der Waals surface area contributed by atoms with Crippen LogP contribution in [-0.4, -0.2) is 22.8 Å². The Balaban J connectivity index is 2.98. The molecule has 4 heteroatoms. The minimum atomic E-state index is -0.458. The predicted octanol–water partition coefficient (Wildman–Crippen LogP) is 0.932. The van der Waals surface area contributed by atoms with E-state index in [2.05, 4.69) is 5.32 Å². The van der Waals surface area contributed by atoms with Crippen molar-refractivity contribution < 1.29 is 14.7 Å². The van der Waals surface area contributed by atoms with Crippen LogP contribution in [0.3, 0.4) is 0 Å². The lowest BCUT2D eigenvalue weighted by Gasteiger charge is -2.17. The molecule has 1 aliphatic heterocycles. The molecule has 14 heavy (non-hydrogen) atoms. The first kappa shape index (κ1) is 10.8. The number of aliphatic hydroxyl groups excluding tert-OH is 1. The molecule has 0 saturated heterocycles. The van der Waals surface area contributed by atoms with Gasteiger partial charge in [0.25, 0.3) is 5.91 Å². The first-order valence-electron chi connectivity index (χ1n) is 4.74. The SMILES string of the molecule is CC[C@H](C)C1NC(=O)C([13C]([13CH3])=O)=C1O. The normalized spacial score (nSPS) is 23.6. The quantitative estimate of drug-likeness (QED) is 0.525. The lowest BCUT2D eigenvalue weighted by Crippen LogP contribution is -2.34. The van der Waals surface area contributed by atoms with E-state index in [0.29, 0.717) is 0 Å². The van der Waals surface area contributed by atoms with Gasteiger partial charge in [-0.05, 0) is 12.8 Å². The van der Waals surface area contributed by atoms with Crippen LogP contribution in [0.1, 0.15) is 27.2 Å². The minimum absolute atomic E-state index is 0.0877. The van der Waals surface area contributed by atoms with Crippen molar-refractivity contribution in [1.29, 1.82) is 0 Å². The number of amides is 1. The predicted molar refractivity (Wildman–Crippen MR) is 51.7 cm³/mol. The summed E-state index contributed by atoms with van der Waals surface area (Å²) in [6.45, 7) is 5.17. The Hall–Kier alpha value is -1.32. The molecule has 1 amide bonds. The van der Waals surface area contributed by atoms with Crippen LogP contribution in [-0.2, 0) is 9.59 Å². The topological polar surface area (TPSA) is 66.4 Å². The van der Waals surface area contributed by atoms with Gasteiger partial charge in [0.15, 0.2) is 5.78 Å². The molecule has 0 aromatic rings. The molecule has 0 spiro atoms. The van der Waals surface area contributed by atoms with Crippen LogP contribution in [0.2, 0.25) is 0 Å². The molecule has 0 aliphatic carbocycles. The molecule has 78 valence electrons. The molecule has 0 aromatic heterocycles. The molecule has 0 saturated carbocycles. The second-order valence-corrected chi connectivity index (χ2v) is 3.65. The number of hydrogen-bond donors (Lipinski definition) is 2. The van der Waals surface area contributed by atoms with Gasteiger partial charge in [-0.1, -0.05) is 20.3 Å². The van der Waals surface area contributed by atoms with Gasteiger partial charge in [0.1, 0.15) is 11.3 Å². The van der Waals surface area contributed by atoms with Gasteiger partial charge in [0.2, 0.25) is 0 Å². The summed E-state index contributed by atoms with van der Waals surface area (Å²) in [5.41, 5.74) is -0.0877. The van der Waals surface area contributed by atoms with E-state index in [0.717, 1.165) is 6.42 Å². The van der Waals surface area contributed by atoms with Crippen molar-refractivity contribution in [3.8, 4) is 0 Å². The van der Waals surface area contributed by atoms with Gasteiger partial charge in [-0.25, -0.2) is 0 Å².